The molecule has 0 aliphatic carbocycles. The third-order valence-electron chi connectivity index (χ3n) is 5.13. The molecular formula is C18H22N4OS. The Morgan fingerprint density at radius 2 is 2.08 bits per heavy atom. The summed E-state index contributed by atoms with van der Waals surface area (Å²) in [4.78, 5) is 20.2. The predicted octanol–water partition coefficient (Wildman–Crippen LogP) is 2.68. The van der Waals surface area contributed by atoms with Crippen molar-refractivity contribution in [1.29, 1.82) is 0 Å². The largest absolute Gasteiger partial charge is 0.388 e. The summed E-state index contributed by atoms with van der Waals surface area (Å²) in [5.41, 5.74) is 2.06. The van der Waals surface area contributed by atoms with Gasteiger partial charge in [0.05, 0.1) is 6.20 Å². The summed E-state index contributed by atoms with van der Waals surface area (Å²) < 4.78 is 0. The summed E-state index contributed by atoms with van der Waals surface area (Å²) in [5.74, 6) is 0.649. The van der Waals surface area contributed by atoms with Crippen LogP contribution in [0.3, 0.4) is 0 Å². The van der Waals surface area contributed by atoms with Gasteiger partial charge in [0.2, 0.25) is 0 Å². The van der Waals surface area contributed by atoms with Crippen LogP contribution in [0.1, 0.15) is 22.5 Å². The highest BCUT2D eigenvalue weighted by atomic mass is 32.1. The zero-order valence-electron chi connectivity index (χ0n) is 13.8. The summed E-state index contributed by atoms with van der Waals surface area (Å²) in [6, 6.07) is 8.31. The van der Waals surface area contributed by atoms with Gasteiger partial charge in [0, 0.05) is 30.9 Å². The maximum absolute atomic E-state index is 12.6. The lowest BCUT2D eigenvalue weighted by molar-refractivity contribution is 0.0622. The average Bonchev–Trinajstić information content (AvgIpc) is 3.13. The number of anilines is 1. The number of piperidine rings is 3. The molecule has 3 aliphatic heterocycles. The summed E-state index contributed by atoms with van der Waals surface area (Å²) in [6.07, 6.45) is 4.10. The molecule has 4 heterocycles. The number of nitrogens with zero attached hydrogens (tertiary/aromatic N) is 2. The van der Waals surface area contributed by atoms with Gasteiger partial charge in [-0.05, 0) is 44.0 Å². The van der Waals surface area contributed by atoms with Gasteiger partial charge in [-0.3, -0.25) is 4.79 Å². The van der Waals surface area contributed by atoms with Gasteiger partial charge in [0.15, 0.2) is 0 Å². The van der Waals surface area contributed by atoms with E-state index in [1.807, 2.05) is 31.3 Å². The number of aromatic nitrogens is 1. The molecule has 6 heteroatoms. The minimum atomic E-state index is 0.0134. The maximum Gasteiger partial charge on any atom is 0.263 e. The topological polar surface area (TPSA) is 57.3 Å². The number of amides is 1. The Balaban J connectivity index is 1.49. The number of hydrogen-bond acceptors (Lipinski definition) is 5. The van der Waals surface area contributed by atoms with E-state index in [0.29, 0.717) is 10.8 Å². The molecule has 0 saturated carbocycles. The van der Waals surface area contributed by atoms with Crippen LogP contribution in [0, 0.1) is 5.92 Å². The molecule has 1 aromatic heterocycles. The Kier molecular flexibility index (Phi) is 4.24. The number of nitrogens with one attached hydrogen (secondary N) is 2. The second-order valence-electron chi connectivity index (χ2n) is 6.54. The van der Waals surface area contributed by atoms with Gasteiger partial charge in [0.25, 0.3) is 5.91 Å². The third-order valence-corrected chi connectivity index (χ3v) is 6.16. The van der Waals surface area contributed by atoms with Crippen molar-refractivity contribution in [3.05, 3.63) is 35.3 Å². The molecule has 24 heavy (non-hydrogen) atoms. The fourth-order valence-electron chi connectivity index (χ4n) is 3.76. The molecule has 126 valence electrons. The van der Waals surface area contributed by atoms with Gasteiger partial charge in [-0.15, -0.1) is 11.3 Å². The van der Waals surface area contributed by atoms with Crippen molar-refractivity contribution in [2.24, 2.45) is 5.92 Å². The SMILES string of the molecule is CNc1ccccc1-c1ncc(C(=O)N[C@H]2CN3CCC2CC3)s1. The molecule has 3 fully saturated rings. The van der Waals surface area contributed by atoms with Crippen LogP contribution in [0.15, 0.2) is 30.5 Å². The first-order valence-corrected chi connectivity index (χ1v) is 9.32. The first kappa shape index (κ1) is 15.6. The highest BCUT2D eigenvalue weighted by Crippen LogP contribution is 2.32. The van der Waals surface area contributed by atoms with E-state index in [0.717, 1.165) is 22.8 Å². The van der Waals surface area contributed by atoms with Crippen molar-refractivity contribution < 1.29 is 4.79 Å². The predicted molar refractivity (Wildman–Crippen MR) is 97.5 cm³/mol. The molecule has 2 aromatic rings. The second-order valence-corrected chi connectivity index (χ2v) is 7.57. The molecule has 5 rings (SSSR count). The Hall–Kier alpha value is -1.92. The minimum absolute atomic E-state index is 0.0134. The zero-order valence-corrected chi connectivity index (χ0v) is 14.6. The normalized spacial score (nSPS) is 25.5. The van der Waals surface area contributed by atoms with Crippen LogP contribution in [0.2, 0.25) is 0 Å². The molecule has 1 aromatic carbocycles. The molecule has 5 nitrogen and oxygen atoms in total. The molecule has 0 unspecified atom stereocenters. The van der Waals surface area contributed by atoms with Crippen molar-refractivity contribution in [3.8, 4) is 10.6 Å². The van der Waals surface area contributed by atoms with E-state index in [4.69, 9.17) is 0 Å². The highest BCUT2D eigenvalue weighted by Gasteiger charge is 2.35. The second kappa shape index (κ2) is 6.53. The molecule has 3 aliphatic rings. The van der Waals surface area contributed by atoms with E-state index in [2.05, 4.69) is 20.5 Å². The number of carbonyl (C=O) groups excluding carboxylic acids is 1. The van der Waals surface area contributed by atoms with Gasteiger partial charge < -0.3 is 15.5 Å². The van der Waals surface area contributed by atoms with Crippen molar-refractivity contribution in [1.82, 2.24) is 15.2 Å². The summed E-state index contributed by atoms with van der Waals surface area (Å²) in [6.45, 7) is 3.36. The van der Waals surface area contributed by atoms with E-state index in [1.54, 1.807) is 6.20 Å². The van der Waals surface area contributed by atoms with E-state index >= 15 is 0 Å². The van der Waals surface area contributed by atoms with E-state index in [-0.39, 0.29) is 11.9 Å². The Morgan fingerprint density at radius 1 is 1.29 bits per heavy atom. The number of hydrogen-bond donors (Lipinski definition) is 2. The van der Waals surface area contributed by atoms with Crippen LogP contribution < -0.4 is 10.6 Å². The van der Waals surface area contributed by atoms with Gasteiger partial charge in [-0.25, -0.2) is 4.98 Å². The van der Waals surface area contributed by atoms with Gasteiger partial charge in [0.1, 0.15) is 9.88 Å². The molecule has 0 radical (unpaired) electrons. The van der Waals surface area contributed by atoms with E-state index in [1.165, 1.54) is 37.3 Å². The summed E-state index contributed by atoms with van der Waals surface area (Å²) >= 11 is 1.46. The van der Waals surface area contributed by atoms with Crippen molar-refractivity contribution >= 4 is 22.9 Å². The first-order chi connectivity index (χ1) is 11.7. The van der Waals surface area contributed by atoms with Gasteiger partial charge in [-0.2, -0.15) is 0 Å². The Bertz CT molecular complexity index is 736. The lowest BCUT2D eigenvalue weighted by Gasteiger charge is -2.44. The Labute approximate surface area is 146 Å². The number of rotatable bonds is 4. The fraction of sp³-hybridized carbons (Fsp3) is 0.444. The molecule has 2 bridgehead atoms. The highest BCUT2D eigenvalue weighted by molar-refractivity contribution is 7.17. The lowest BCUT2D eigenvalue weighted by Crippen LogP contribution is -2.57. The van der Waals surface area contributed by atoms with Crippen LogP contribution in [0.25, 0.3) is 10.6 Å². The maximum atomic E-state index is 12.6. The third kappa shape index (κ3) is 2.91. The first-order valence-electron chi connectivity index (χ1n) is 8.51. The molecule has 2 N–H and O–H groups in total. The van der Waals surface area contributed by atoms with Gasteiger partial charge in [-0.1, -0.05) is 12.1 Å². The summed E-state index contributed by atoms with van der Waals surface area (Å²) in [5, 5.41) is 7.29. The number of carbonyl (C=O) groups is 1. The summed E-state index contributed by atoms with van der Waals surface area (Å²) in [7, 11) is 1.90. The number of para-hydroxylation sites is 1. The molecule has 1 atom stereocenters. The smallest absolute Gasteiger partial charge is 0.263 e. The standard InChI is InChI=1S/C18H22N4OS/c1-19-14-5-3-2-4-13(14)18-20-10-16(24-18)17(23)21-15-11-22-8-6-12(15)7-9-22/h2-5,10,12,15,19H,6-9,11H2,1H3,(H,21,23)/t15-/m0/s1. The minimum Gasteiger partial charge on any atom is -0.388 e. The zero-order chi connectivity index (χ0) is 16.5. The number of benzene rings is 1. The van der Waals surface area contributed by atoms with Crippen LogP contribution >= 0.6 is 11.3 Å². The molecule has 0 spiro atoms. The Morgan fingerprint density at radius 3 is 2.79 bits per heavy atom. The van der Waals surface area contributed by atoms with Crippen molar-refractivity contribution in [2.45, 2.75) is 18.9 Å². The number of thiazole rings is 1. The van der Waals surface area contributed by atoms with Crippen molar-refractivity contribution in [2.75, 3.05) is 32.0 Å². The monoisotopic (exact) mass is 342 g/mol. The van der Waals surface area contributed by atoms with Crippen LogP contribution in [-0.2, 0) is 0 Å². The lowest BCUT2D eigenvalue weighted by atomic mass is 9.84. The van der Waals surface area contributed by atoms with Crippen LogP contribution in [0.4, 0.5) is 5.69 Å². The quantitative estimate of drug-likeness (QED) is 0.897. The average molecular weight is 342 g/mol. The van der Waals surface area contributed by atoms with E-state index in [9.17, 15) is 4.79 Å². The fourth-order valence-corrected chi connectivity index (χ4v) is 4.62. The van der Waals surface area contributed by atoms with Crippen molar-refractivity contribution in [3.63, 3.8) is 0 Å². The number of fused-ring (bicyclic) bond motifs is 3. The van der Waals surface area contributed by atoms with Crippen LogP contribution in [0.5, 0.6) is 0 Å². The van der Waals surface area contributed by atoms with Crippen LogP contribution in [-0.4, -0.2) is 48.5 Å². The van der Waals surface area contributed by atoms with Gasteiger partial charge >= 0.3 is 0 Å². The molecule has 1 amide bonds. The molecule has 3 saturated heterocycles. The van der Waals surface area contributed by atoms with E-state index < -0.39 is 0 Å². The molecular weight excluding hydrogens is 320 g/mol.